The Morgan fingerprint density at radius 1 is 1.07 bits per heavy atom. The highest BCUT2D eigenvalue weighted by Gasteiger charge is 2.42. The summed E-state index contributed by atoms with van der Waals surface area (Å²) in [5, 5.41) is 3.58. The first-order chi connectivity index (χ1) is 14.2. The van der Waals surface area contributed by atoms with E-state index in [4.69, 9.17) is 4.74 Å². The van der Waals surface area contributed by atoms with Crippen molar-refractivity contribution >= 4 is 29.4 Å². The van der Waals surface area contributed by atoms with Crippen LogP contribution in [0.3, 0.4) is 0 Å². The van der Waals surface area contributed by atoms with Crippen LogP contribution >= 0.6 is 11.8 Å². The Hall–Kier alpha value is -2.40. The lowest BCUT2D eigenvalue weighted by atomic mass is 9.85. The van der Waals surface area contributed by atoms with Crippen LogP contribution in [0, 0.1) is 5.92 Å². The van der Waals surface area contributed by atoms with Crippen molar-refractivity contribution in [2.45, 2.75) is 44.1 Å². The summed E-state index contributed by atoms with van der Waals surface area (Å²) in [6, 6.07) is 18.3. The van der Waals surface area contributed by atoms with Crippen LogP contribution in [-0.4, -0.2) is 29.5 Å². The minimum absolute atomic E-state index is 0.0834. The van der Waals surface area contributed by atoms with Gasteiger partial charge in [-0.15, -0.1) is 0 Å². The lowest BCUT2D eigenvalue weighted by molar-refractivity contribution is -0.129. The minimum Gasteiger partial charge on any atom is -0.497 e. The molecule has 2 aliphatic rings. The molecular formula is C24H28N2O2S. The number of carbonyl (C=O) groups excluding carboxylic acids is 1. The van der Waals surface area contributed by atoms with Crippen LogP contribution in [0.25, 0.3) is 6.08 Å². The Labute approximate surface area is 177 Å². The van der Waals surface area contributed by atoms with E-state index in [0.29, 0.717) is 5.92 Å². The average molecular weight is 409 g/mol. The number of rotatable bonds is 5. The third-order valence-electron chi connectivity index (χ3n) is 5.84. The summed E-state index contributed by atoms with van der Waals surface area (Å²) < 4.78 is 5.24. The maximum absolute atomic E-state index is 13.5. The van der Waals surface area contributed by atoms with Crippen molar-refractivity contribution in [1.82, 2.24) is 4.90 Å². The van der Waals surface area contributed by atoms with Gasteiger partial charge >= 0.3 is 0 Å². The van der Waals surface area contributed by atoms with E-state index in [9.17, 15) is 4.79 Å². The van der Waals surface area contributed by atoms with Crippen LogP contribution in [0.4, 0.5) is 5.69 Å². The summed E-state index contributed by atoms with van der Waals surface area (Å²) >= 11 is 1.62. The molecule has 1 N–H and O–H groups in total. The number of hydrogen-bond acceptors (Lipinski definition) is 4. The molecule has 0 spiro atoms. The number of carbonyl (C=O) groups is 1. The van der Waals surface area contributed by atoms with Gasteiger partial charge in [-0.2, -0.15) is 0 Å². The lowest BCUT2D eigenvalue weighted by Crippen LogP contribution is -2.48. The highest BCUT2D eigenvalue weighted by Crippen LogP contribution is 2.42. The third-order valence-corrected chi connectivity index (χ3v) is 6.95. The zero-order chi connectivity index (χ0) is 20.2. The number of nitrogens with zero attached hydrogens (tertiary/aromatic N) is 1. The van der Waals surface area contributed by atoms with E-state index >= 15 is 0 Å². The van der Waals surface area contributed by atoms with Gasteiger partial charge in [0.25, 0.3) is 5.91 Å². The zero-order valence-corrected chi connectivity index (χ0v) is 17.8. The van der Waals surface area contributed by atoms with Crippen molar-refractivity contribution < 1.29 is 9.53 Å². The molecule has 0 radical (unpaired) electrons. The van der Waals surface area contributed by atoms with Gasteiger partial charge in [0.1, 0.15) is 5.75 Å². The second kappa shape index (κ2) is 8.95. The first-order valence-electron chi connectivity index (χ1n) is 10.3. The average Bonchev–Trinajstić information content (AvgIpc) is 3.04. The van der Waals surface area contributed by atoms with Crippen LogP contribution in [0.1, 0.15) is 38.2 Å². The smallest absolute Gasteiger partial charge is 0.262 e. The molecule has 152 valence electrons. The topological polar surface area (TPSA) is 41.6 Å². The van der Waals surface area contributed by atoms with Gasteiger partial charge in [-0.05, 0) is 54.7 Å². The van der Waals surface area contributed by atoms with Crippen LogP contribution < -0.4 is 10.1 Å². The van der Waals surface area contributed by atoms with Crippen molar-refractivity contribution in [2.75, 3.05) is 12.4 Å². The standard InChI is InChI=1S/C24H28N2O2S/c1-17-8-6-7-11-21(17)26-23(27)22(16-18-12-14-20(28-2)15-13-18)29-24(26)25-19-9-4-3-5-10-19/h3-5,9-10,12-17,21,24-25H,6-8,11H2,1-2H3/b22-16-/t17-,21+,24?/m1/s1. The Bertz CT molecular complexity index is 866. The van der Waals surface area contributed by atoms with E-state index in [1.54, 1.807) is 18.9 Å². The number of benzene rings is 2. The Morgan fingerprint density at radius 3 is 2.48 bits per heavy atom. The summed E-state index contributed by atoms with van der Waals surface area (Å²) in [6.07, 6.45) is 6.72. The van der Waals surface area contributed by atoms with Crippen molar-refractivity contribution in [1.29, 1.82) is 0 Å². The lowest BCUT2D eigenvalue weighted by Gasteiger charge is -2.39. The Morgan fingerprint density at radius 2 is 1.79 bits per heavy atom. The summed E-state index contributed by atoms with van der Waals surface area (Å²) in [5.74, 6) is 1.48. The molecule has 0 bridgehead atoms. The van der Waals surface area contributed by atoms with Gasteiger partial charge in [-0.3, -0.25) is 4.79 Å². The van der Waals surface area contributed by atoms with E-state index in [2.05, 4.69) is 29.3 Å². The molecule has 0 aromatic heterocycles. The molecule has 2 fully saturated rings. The summed E-state index contributed by atoms with van der Waals surface area (Å²) in [6.45, 7) is 2.28. The predicted molar refractivity (Wildman–Crippen MR) is 121 cm³/mol. The maximum atomic E-state index is 13.5. The number of para-hydroxylation sites is 1. The molecule has 1 amide bonds. The molecule has 1 saturated heterocycles. The largest absolute Gasteiger partial charge is 0.497 e. The Balaban J connectivity index is 1.62. The number of anilines is 1. The van der Waals surface area contributed by atoms with E-state index in [-0.39, 0.29) is 17.4 Å². The van der Waals surface area contributed by atoms with Crippen LogP contribution in [0.2, 0.25) is 0 Å². The molecule has 2 aromatic carbocycles. The summed E-state index contributed by atoms with van der Waals surface area (Å²) in [4.78, 5) is 16.3. The third kappa shape index (κ3) is 4.45. The molecule has 1 unspecified atom stereocenters. The molecule has 1 saturated carbocycles. The van der Waals surface area contributed by atoms with Gasteiger partial charge in [0.15, 0.2) is 5.50 Å². The minimum atomic E-state index is -0.0834. The van der Waals surface area contributed by atoms with Crippen molar-refractivity contribution in [2.24, 2.45) is 5.92 Å². The molecule has 1 aliphatic carbocycles. The van der Waals surface area contributed by atoms with Crippen molar-refractivity contribution in [3.63, 3.8) is 0 Å². The zero-order valence-electron chi connectivity index (χ0n) is 17.0. The van der Waals surface area contributed by atoms with Gasteiger partial charge in [0.05, 0.1) is 12.0 Å². The molecule has 29 heavy (non-hydrogen) atoms. The van der Waals surface area contributed by atoms with E-state index in [1.807, 2.05) is 48.5 Å². The maximum Gasteiger partial charge on any atom is 0.262 e. The normalized spacial score (nSPS) is 26.0. The molecule has 2 aromatic rings. The first kappa shape index (κ1) is 19.9. The second-order valence-electron chi connectivity index (χ2n) is 7.80. The SMILES string of the molecule is COc1ccc(/C=C2\SC(Nc3ccccc3)N([C@H]3CCCC[C@H]3C)C2=O)cc1. The predicted octanol–water partition coefficient (Wildman–Crippen LogP) is 5.59. The highest BCUT2D eigenvalue weighted by atomic mass is 32.2. The molecule has 4 nitrogen and oxygen atoms in total. The molecule has 1 aliphatic heterocycles. The summed E-state index contributed by atoms with van der Waals surface area (Å²) in [7, 11) is 1.66. The molecule has 4 rings (SSSR count). The number of thioether (sulfide) groups is 1. The van der Waals surface area contributed by atoms with Crippen molar-refractivity contribution in [3.05, 3.63) is 65.1 Å². The fourth-order valence-electron chi connectivity index (χ4n) is 4.22. The summed E-state index contributed by atoms with van der Waals surface area (Å²) in [5.41, 5.74) is 1.97. The number of nitrogens with one attached hydrogen (secondary N) is 1. The molecule has 1 heterocycles. The number of methoxy groups -OCH3 is 1. The molecular weight excluding hydrogens is 380 g/mol. The van der Waals surface area contributed by atoms with Crippen LogP contribution in [-0.2, 0) is 4.79 Å². The molecule has 5 heteroatoms. The van der Waals surface area contributed by atoms with Gasteiger partial charge in [-0.25, -0.2) is 0 Å². The number of hydrogen-bond donors (Lipinski definition) is 1. The van der Waals surface area contributed by atoms with Crippen molar-refractivity contribution in [3.8, 4) is 5.75 Å². The van der Waals surface area contributed by atoms with E-state index in [0.717, 1.165) is 28.3 Å². The first-order valence-corrected chi connectivity index (χ1v) is 11.2. The fourth-order valence-corrected chi connectivity index (χ4v) is 5.43. The Kier molecular flexibility index (Phi) is 6.14. The van der Waals surface area contributed by atoms with Crippen LogP contribution in [0.15, 0.2) is 59.5 Å². The highest BCUT2D eigenvalue weighted by molar-refractivity contribution is 8.05. The number of amides is 1. The van der Waals surface area contributed by atoms with E-state index in [1.165, 1.54) is 19.3 Å². The van der Waals surface area contributed by atoms with Crippen LogP contribution in [0.5, 0.6) is 5.75 Å². The molecule has 3 atom stereocenters. The van der Waals surface area contributed by atoms with Gasteiger partial charge in [0, 0.05) is 11.7 Å². The second-order valence-corrected chi connectivity index (χ2v) is 8.93. The monoisotopic (exact) mass is 408 g/mol. The van der Waals surface area contributed by atoms with Gasteiger partial charge in [0.2, 0.25) is 0 Å². The fraction of sp³-hybridized carbons (Fsp3) is 0.375. The van der Waals surface area contributed by atoms with Gasteiger partial charge in [-0.1, -0.05) is 61.9 Å². The van der Waals surface area contributed by atoms with E-state index < -0.39 is 0 Å². The number of ether oxygens (including phenoxy) is 1. The van der Waals surface area contributed by atoms with Gasteiger partial charge < -0.3 is 15.0 Å². The quantitative estimate of drug-likeness (QED) is 0.655.